The SMILES string of the molecule is O=C(c1ccc(F)cc1)C1CCN(c2ccc(Br)cc2[N+](=O)[O-])CC1. The van der Waals surface area contributed by atoms with E-state index >= 15 is 0 Å². The van der Waals surface area contributed by atoms with Crippen LogP contribution in [-0.4, -0.2) is 23.8 Å². The third-order valence-electron chi connectivity index (χ3n) is 4.47. The fourth-order valence-corrected chi connectivity index (χ4v) is 3.49. The highest BCUT2D eigenvalue weighted by atomic mass is 79.9. The molecule has 1 aliphatic rings. The molecule has 0 N–H and O–H groups in total. The molecule has 3 rings (SSSR count). The van der Waals surface area contributed by atoms with Crippen molar-refractivity contribution in [2.75, 3.05) is 18.0 Å². The number of nitro benzene ring substituents is 1. The minimum absolute atomic E-state index is 0.00459. The zero-order valence-corrected chi connectivity index (χ0v) is 14.9. The highest BCUT2D eigenvalue weighted by Crippen LogP contribution is 2.34. The van der Waals surface area contributed by atoms with Crippen molar-refractivity contribution in [3.05, 3.63) is 68.4 Å². The Labute approximate surface area is 152 Å². The van der Waals surface area contributed by atoms with Gasteiger partial charge in [0.1, 0.15) is 11.5 Å². The van der Waals surface area contributed by atoms with Gasteiger partial charge in [0.15, 0.2) is 5.78 Å². The molecule has 2 aromatic rings. The molecule has 0 amide bonds. The molecule has 0 unspecified atom stereocenters. The van der Waals surface area contributed by atoms with Gasteiger partial charge in [-0.05, 0) is 49.2 Å². The molecule has 1 aliphatic heterocycles. The minimum atomic E-state index is -0.393. The molecule has 0 saturated carbocycles. The van der Waals surface area contributed by atoms with Crippen molar-refractivity contribution in [3.8, 4) is 0 Å². The average molecular weight is 407 g/mol. The van der Waals surface area contributed by atoms with Gasteiger partial charge in [-0.25, -0.2) is 4.39 Å². The first-order chi connectivity index (χ1) is 12.0. The molecule has 0 aliphatic carbocycles. The summed E-state index contributed by atoms with van der Waals surface area (Å²) >= 11 is 3.25. The largest absolute Gasteiger partial charge is 0.366 e. The zero-order valence-electron chi connectivity index (χ0n) is 13.3. The molecule has 1 heterocycles. The lowest BCUT2D eigenvalue weighted by Gasteiger charge is -2.32. The van der Waals surface area contributed by atoms with E-state index in [2.05, 4.69) is 15.9 Å². The van der Waals surface area contributed by atoms with Crippen molar-refractivity contribution in [2.45, 2.75) is 12.8 Å². The van der Waals surface area contributed by atoms with Crippen LogP contribution in [0.1, 0.15) is 23.2 Å². The van der Waals surface area contributed by atoms with E-state index in [1.54, 1.807) is 12.1 Å². The Morgan fingerprint density at radius 1 is 1.16 bits per heavy atom. The van der Waals surface area contributed by atoms with E-state index < -0.39 is 4.92 Å². The lowest BCUT2D eigenvalue weighted by atomic mass is 9.88. The number of halogens is 2. The summed E-state index contributed by atoms with van der Waals surface area (Å²) in [5, 5.41) is 11.3. The lowest BCUT2D eigenvalue weighted by molar-refractivity contribution is -0.384. The van der Waals surface area contributed by atoms with E-state index in [-0.39, 0.29) is 23.2 Å². The third-order valence-corrected chi connectivity index (χ3v) is 4.96. The van der Waals surface area contributed by atoms with Crippen LogP contribution in [0.25, 0.3) is 0 Å². The number of rotatable bonds is 4. The lowest BCUT2D eigenvalue weighted by Crippen LogP contribution is -2.36. The van der Waals surface area contributed by atoms with Crippen molar-refractivity contribution >= 4 is 33.1 Å². The van der Waals surface area contributed by atoms with Crippen LogP contribution in [0.2, 0.25) is 0 Å². The summed E-state index contributed by atoms with van der Waals surface area (Å²) in [6.45, 7) is 1.14. The molecule has 2 aromatic carbocycles. The Hall–Kier alpha value is -2.28. The quantitative estimate of drug-likeness (QED) is 0.422. The molecule has 0 radical (unpaired) electrons. The van der Waals surface area contributed by atoms with Gasteiger partial charge in [0.25, 0.3) is 5.69 Å². The zero-order chi connectivity index (χ0) is 18.0. The number of ketones is 1. The highest BCUT2D eigenvalue weighted by molar-refractivity contribution is 9.10. The van der Waals surface area contributed by atoms with Crippen molar-refractivity contribution in [1.29, 1.82) is 0 Å². The molecule has 1 saturated heterocycles. The molecular formula is C18H16BrFN2O3. The summed E-state index contributed by atoms with van der Waals surface area (Å²) in [6, 6.07) is 10.6. The second kappa shape index (κ2) is 7.31. The van der Waals surface area contributed by atoms with Gasteiger partial charge in [-0.1, -0.05) is 15.9 Å². The summed E-state index contributed by atoms with van der Waals surface area (Å²) in [5.41, 5.74) is 1.13. The molecule has 0 aromatic heterocycles. The molecule has 7 heteroatoms. The van der Waals surface area contributed by atoms with Gasteiger partial charge >= 0.3 is 0 Å². The van der Waals surface area contributed by atoms with E-state index in [1.165, 1.54) is 30.3 Å². The Bertz CT molecular complexity index is 802. The van der Waals surface area contributed by atoms with Gasteiger partial charge in [-0.15, -0.1) is 0 Å². The smallest absolute Gasteiger partial charge is 0.293 e. The number of Topliss-reactive ketones (excluding diaryl/α,β-unsaturated/α-hetero) is 1. The molecule has 1 fully saturated rings. The van der Waals surface area contributed by atoms with Crippen molar-refractivity contribution < 1.29 is 14.1 Å². The first kappa shape index (κ1) is 17.5. The van der Waals surface area contributed by atoms with Crippen LogP contribution in [0.3, 0.4) is 0 Å². The number of hydrogen-bond donors (Lipinski definition) is 0. The highest BCUT2D eigenvalue weighted by Gasteiger charge is 2.28. The Morgan fingerprint density at radius 3 is 2.40 bits per heavy atom. The van der Waals surface area contributed by atoms with Gasteiger partial charge in [0.2, 0.25) is 0 Å². The standard InChI is InChI=1S/C18H16BrFN2O3/c19-14-3-6-16(17(11-14)22(24)25)21-9-7-13(8-10-21)18(23)12-1-4-15(20)5-2-12/h1-6,11,13H,7-10H2. The van der Waals surface area contributed by atoms with E-state index in [0.717, 1.165) is 0 Å². The average Bonchev–Trinajstić information content (AvgIpc) is 2.62. The monoisotopic (exact) mass is 406 g/mol. The summed E-state index contributed by atoms with van der Waals surface area (Å²) in [5.74, 6) is -0.505. The van der Waals surface area contributed by atoms with Gasteiger partial charge in [0.05, 0.1) is 4.92 Å². The topological polar surface area (TPSA) is 63.5 Å². The maximum absolute atomic E-state index is 13.0. The Balaban J connectivity index is 1.71. The van der Waals surface area contributed by atoms with E-state index in [4.69, 9.17) is 0 Å². The van der Waals surface area contributed by atoms with Crippen LogP contribution in [0.15, 0.2) is 46.9 Å². The van der Waals surface area contributed by atoms with Crippen LogP contribution in [0, 0.1) is 21.8 Å². The molecule has 0 spiro atoms. The van der Waals surface area contributed by atoms with Crippen LogP contribution >= 0.6 is 15.9 Å². The number of piperidine rings is 1. The Morgan fingerprint density at radius 2 is 1.80 bits per heavy atom. The first-order valence-electron chi connectivity index (χ1n) is 7.94. The van der Waals surface area contributed by atoms with Crippen LogP contribution in [0.5, 0.6) is 0 Å². The maximum Gasteiger partial charge on any atom is 0.293 e. The molecule has 130 valence electrons. The van der Waals surface area contributed by atoms with E-state index in [1.807, 2.05) is 4.90 Å². The fraction of sp³-hybridized carbons (Fsp3) is 0.278. The number of benzene rings is 2. The summed E-state index contributed by atoms with van der Waals surface area (Å²) in [7, 11) is 0. The van der Waals surface area contributed by atoms with Crippen LogP contribution in [-0.2, 0) is 0 Å². The second-order valence-corrected chi connectivity index (χ2v) is 6.94. The minimum Gasteiger partial charge on any atom is -0.366 e. The van der Waals surface area contributed by atoms with Crippen molar-refractivity contribution in [3.63, 3.8) is 0 Å². The predicted octanol–water partition coefficient (Wildman–Crippen LogP) is 4.60. The van der Waals surface area contributed by atoms with E-state index in [0.29, 0.717) is 41.7 Å². The first-order valence-corrected chi connectivity index (χ1v) is 8.73. The number of hydrogen-bond acceptors (Lipinski definition) is 4. The number of carbonyl (C=O) groups excluding carboxylic acids is 1. The van der Waals surface area contributed by atoms with E-state index in [9.17, 15) is 19.3 Å². The van der Waals surface area contributed by atoms with Gasteiger partial charge < -0.3 is 4.90 Å². The van der Waals surface area contributed by atoms with Crippen LogP contribution < -0.4 is 4.90 Å². The molecule has 0 atom stereocenters. The summed E-state index contributed by atoms with van der Waals surface area (Å²) < 4.78 is 13.6. The number of carbonyl (C=O) groups is 1. The second-order valence-electron chi connectivity index (χ2n) is 6.02. The van der Waals surface area contributed by atoms with Crippen LogP contribution in [0.4, 0.5) is 15.8 Å². The number of nitro groups is 1. The van der Waals surface area contributed by atoms with Gasteiger partial charge in [0, 0.05) is 35.1 Å². The molecular weight excluding hydrogens is 391 g/mol. The molecule has 5 nitrogen and oxygen atoms in total. The fourth-order valence-electron chi connectivity index (χ4n) is 3.14. The normalized spacial score (nSPS) is 15.2. The summed E-state index contributed by atoms with van der Waals surface area (Å²) in [6.07, 6.45) is 1.23. The van der Waals surface area contributed by atoms with Crippen molar-refractivity contribution in [2.24, 2.45) is 5.92 Å². The maximum atomic E-state index is 13.0. The number of anilines is 1. The summed E-state index contributed by atoms with van der Waals surface area (Å²) in [4.78, 5) is 25.3. The van der Waals surface area contributed by atoms with Gasteiger partial charge in [-0.2, -0.15) is 0 Å². The molecule has 0 bridgehead atoms. The molecule has 25 heavy (non-hydrogen) atoms. The van der Waals surface area contributed by atoms with Crippen molar-refractivity contribution in [1.82, 2.24) is 0 Å². The number of nitrogens with zero attached hydrogens (tertiary/aromatic N) is 2. The third kappa shape index (κ3) is 3.87. The predicted molar refractivity (Wildman–Crippen MR) is 96.5 cm³/mol. The van der Waals surface area contributed by atoms with Gasteiger partial charge in [-0.3, -0.25) is 14.9 Å². The Kier molecular flexibility index (Phi) is 5.13.